The number of carbonyl (C=O) groups is 2. The summed E-state index contributed by atoms with van der Waals surface area (Å²) in [7, 11) is 1.81. The Morgan fingerprint density at radius 1 is 1.30 bits per heavy atom. The number of carbonyl (C=O) groups excluding carboxylic acids is 2. The summed E-state index contributed by atoms with van der Waals surface area (Å²) in [5, 5.41) is 4.18. The lowest BCUT2D eigenvalue weighted by Gasteiger charge is -2.24. The normalized spacial score (nSPS) is 15.0. The van der Waals surface area contributed by atoms with Crippen molar-refractivity contribution >= 4 is 34.3 Å². The fraction of sp³-hybridized carbons (Fsp3) is 0.412. The van der Waals surface area contributed by atoms with E-state index in [9.17, 15) is 9.59 Å². The zero-order chi connectivity index (χ0) is 16.4. The Kier molecular flexibility index (Phi) is 4.57. The third kappa shape index (κ3) is 3.50. The van der Waals surface area contributed by atoms with Crippen LogP contribution in [-0.2, 0) is 4.79 Å². The highest BCUT2D eigenvalue weighted by Gasteiger charge is 2.23. The Bertz CT molecular complexity index is 735. The molecule has 1 aliphatic carbocycles. The number of hydrogen-bond donors (Lipinski definition) is 2. The van der Waals surface area contributed by atoms with E-state index in [1.807, 2.05) is 13.1 Å². The summed E-state index contributed by atoms with van der Waals surface area (Å²) in [6, 6.07) is 7.44. The van der Waals surface area contributed by atoms with E-state index in [-0.39, 0.29) is 18.4 Å². The van der Waals surface area contributed by atoms with E-state index in [0.29, 0.717) is 16.8 Å². The van der Waals surface area contributed by atoms with Gasteiger partial charge in [0.2, 0.25) is 5.91 Å². The predicted octanol–water partition coefficient (Wildman–Crippen LogP) is 2.95. The van der Waals surface area contributed by atoms with E-state index >= 15 is 0 Å². The second kappa shape index (κ2) is 6.62. The van der Waals surface area contributed by atoms with Crippen LogP contribution in [0, 0.1) is 0 Å². The number of aromatic nitrogens is 1. The molecule has 0 unspecified atom stereocenters. The van der Waals surface area contributed by atoms with Crippen LogP contribution in [0.3, 0.4) is 0 Å². The van der Waals surface area contributed by atoms with Gasteiger partial charge in [-0.3, -0.25) is 9.59 Å². The molecule has 23 heavy (non-hydrogen) atoms. The highest BCUT2D eigenvalue weighted by atomic mass is 35.5. The number of likely N-dealkylation sites (N-methyl/N-ethyl adjacent to an activating group) is 1. The van der Waals surface area contributed by atoms with Gasteiger partial charge in [0.25, 0.3) is 5.91 Å². The van der Waals surface area contributed by atoms with Crippen LogP contribution in [0.1, 0.15) is 36.2 Å². The second-order valence-electron chi connectivity index (χ2n) is 6.04. The van der Waals surface area contributed by atoms with E-state index in [0.717, 1.165) is 23.7 Å². The SMILES string of the molecule is CN(C(=O)CNC(=O)c1cc2cc(Cl)ccc2[nH]1)C1CCCC1. The van der Waals surface area contributed by atoms with Crippen molar-refractivity contribution in [2.45, 2.75) is 31.7 Å². The molecule has 6 heteroatoms. The van der Waals surface area contributed by atoms with Gasteiger partial charge in [0.1, 0.15) is 5.69 Å². The lowest BCUT2D eigenvalue weighted by molar-refractivity contribution is -0.130. The van der Waals surface area contributed by atoms with Crippen LogP contribution in [0.2, 0.25) is 5.02 Å². The monoisotopic (exact) mass is 333 g/mol. The first kappa shape index (κ1) is 15.9. The molecule has 2 N–H and O–H groups in total. The summed E-state index contributed by atoms with van der Waals surface area (Å²) in [4.78, 5) is 29.2. The number of halogens is 1. The molecule has 1 aliphatic rings. The van der Waals surface area contributed by atoms with Gasteiger partial charge in [-0.05, 0) is 37.1 Å². The van der Waals surface area contributed by atoms with Gasteiger partial charge in [0.05, 0.1) is 6.54 Å². The Morgan fingerprint density at radius 2 is 2.04 bits per heavy atom. The number of nitrogens with zero attached hydrogens (tertiary/aromatic N) is 1. The fourth-order valence-electron chi connectivity index (χ4n) is 3.10. The minimum atomic E-state index is -0.287. The molecule has 0 bridgehead atoms. The molecule has 0 saturated heterocycles. The lowest BCUT2D eigenvalue weighted by atomic mass is 10.2. The molecule has 0 atom stereocenters. The quantitative estimate of drug-likeness (QED) is 0.903. The van der Waals surface area contributed by atoms with Crippen molar-refractivity contribution < 1.29 is 9.59 Å². The zero-order valence-electron chi connectivity index (χ0n) is 13.1. The smallest absolute Gasteiger partial charge is 0.268 e. The van der Waals surface area contributed by atoms with Gasteiger partial charge in [-0.25, -0.2) is 0 Å². The first-order valence-corrected chi connectivity index (χ1v) is 8.24. The van der Waals surface area contributed by atoms with Gasteiger partial charge in [-0.1, -0.05) is 24.4 Å². The number of fused-ring (bicyclic) bond motifs is 1. The van der Waals surface area contributed by atoms with E-state index < -0.39 is 0 Å². The molecular formula is C17H20ClN3O2. The first-order valence-electron chi connectivity index (χ1n) is 7.87. The van der Waals surface area contributed by atoms with Crippen molar-refractivity contribution in [2.75, 3.05) is 13.6 Å². The van der Waals surface area contributed by atoms with E-state index in [1.54, 1.807) is 23.1 Å². The largest absolute Gasteiger partial charge is 0.351 e. The topological polar surface area (TPSA) is 65.2 Å². The van der Waals surface area contributed by atoms with E-state index in [4.69, 9.17) is 11.6 Å². The van der Waals surface area contributed by atoms with Crippen LogP contribution in [0.25, 0.3) is 10.9 Å². The standard InChI is InChI=1S/C17H20ClN3O2/c1-21(13-4-2-3-5-13)16(22)10-19-17(23)15-9-11-8-12(18)6-7-14(11)20-15/h6-9,13,20H,2-5,10H2,1H3,(H,19,23). The maximum absolute atomic E-state index is 12.2. The molecule has 2 amide bonds. The molecule has 1 saturated carbocycles. The molecule has 1 aromatic heterocycles. The summed E-state index contributed by atoms with van der Waals surface area (Å²) in [5.41, 5.74) is 1.27. The molecule has 0 aliphatic heterocycles. The third-order valence-electron chi connectivity index (χ3n) is 4.49. The van der Waals surface area contributed by atoms with Crippen molar-refractivity contribution in [3.63, 3.8) is 0 Å². The first-order chi connectivity index (χ1) is 11.0. The summed E-state index contributed by atoms with van der Waals surface area (Å²) in [6.45, 7) is 0.0158. The summed E-state index contributed by atoms with van der Waals surface area (Å²) in [5.74, 6) is -0.338. The Morgan fingerprint density at radius 3 is 2.78 bits per heavy atom. The highest BCUT2D eigenvalue weighted by molar-refractivity contribution is 6.31. The second-order valence-corrected chi connectivity index (χ2v) is 6.48. The van der Waals surface area contributed by atoms with Gasteiger partial charge >= 0.3 is 0 Å². The van der Waals surface area contributed by atoms with Crippen molar-refractivity contribution in [1.29, 1.82) is 0 Å². The van der Waals surface area contributed by atoms with Gasteiger partial charge in [-0.15, -0.1) is 0 Å². The predicted molar refractivity (Wildman–Crippen MR) is 90.7 cm³/mol. The third-order valence-corrected chi connectivity index (χ3v) is 4.73. The minimum Gasteiger partial charge on any atom is -0.351 e. The molecule has 5 nitrogen and oxygen atoms in total. The van der Waals surface area contributed by atoms with Crippen LogP contribution in [0.5, 0.6) is 0 Å². The lowest BCUT2D eigenvalue weighted by Crippen LogP contribution is -2.42. The Hall–Kier alpha value is -2.01. The molecule has 3 rings (SSSR count). The minimum absolute atomic E-state index is 0.0158. The summed E-state index contributed by atoms with van der Waals surface area (Å²) in [6.07, 6.45) is 4.45. The van der Waals surface area contributed by atoms with Crippen molar-refractivity contribution in [3.05, 3.63) is 35.0 Å². The highest BCUT2D eigenvalue weighted by Crippen LogP contribution is 2.22. The van der Waals surface area contributed by atoms with Gasteiger partial charge < -0.3 is 15.2 Å². The van der Waals surface area contributed by atoms with Crippen LogP contribution >= 0.6 is 11.6 Å². The average molecular weight is 334 g/mol. The number of nitrogens with one attached hydrogen (secondary N) is 2. The zero-order valence-corrected chi connectivity index (χ0v) is 13.8. The molecule has 2 aromatic rings. The van der Waals surface area contributed by atoms with Crippen LogP contribution in [0.15, 0.2) is 24.3 Å². The number of hydrogen-bond acceptors (Lipinski definition) is 2. The number of H-pyrrole nitrogens is 1. The maximum atomic E-state index is 12.2. The molecule has 1 aromatic carbocycles. The van der Waals surface area contributed by atoms with Crippen LogP contribution in [-0.4, -0.2) is 41.3 Å². The van der Waals surface area contributed by atoms with E-state index in [1.165, 1.54) is 12.8 Å². The van der Waals surface area contributed by atoms with Gasteiger partial charge in [0.15, 0.2) is 0 Å². The van der Waals surface area contributed by atoms with Crippen LogP contribution < -0.4 is 5.32 Å². The number of amides is 2. The summed E-state index contributed by atoms with van der Waals surface area (Å²) >= 11 is 5.94. The van der Waals surface area contributed by atoms with E-state index in [2.05, 4.69) is 10.3 Å². The average Bonchev–Trinajstić information content (AvgIpc) is 3.20. The maximum Gasteiger partial charge on any atom is 0.268 e. The number of aromatic amines is 1. The van der Waals surface area contributed by atoms with Crippen LogP contribution in [0.4, 0.5) is 0 Å². The number of rotatable bonds is 4. The fourth-order valence-corrected chi connectivity index (χ4v) is 3.28. The Labute approximate surface area is 140 Å². The molecule has 0 radical (unpaired) electrons. The van der Waals surface area contributed by atoms with Gasteiger partial charge in [0, 0.05) is 29.0 Å². The summed E-state index contributed by atoms with van der Waals surface area (Å²) < 4.78 is 0. The Balaban J connectivity index is 1.60. The van der Waals surface area contributed by atoms with Gasteiger partial charge in [-0.2, -0.15) is 0 Å². The van der Waals surface area contributed by atoms with Crippen molar-refractivity contribution in [3.8, 4) is 0 Å². The number of benzene rings is 1. The molecule has 0 spiro atoms. The molecule has 1 heterocycles. The van der Waals surface area contributed by atoms with Crippen molar-refractivity contribution in [2.24, 2.45) is 0 Å². The molecular weight excluding hydrogens is 314 g/mol. The molecule has 122 valence electrons. The molecule has 1 fully saturated rings. The van der Waals surface area contributed by atoms with Crippen molar-refractivity contribution in [1.82, 2.24) is 15.2 Å².